The highest BCUT2D eigenvalue weighted by Crippen LogP contribution is 2.25. The van der Waals surface area contributed by atoms with Gasteiger partial charge in [-0.1, -0.05) is 26.2 Å². The standard InChI is InChI=1S/C11H18N2OS/c1-2-9-10(14)13(11(15)12-9)8-6-4-3-5-7-8/h8-9H,2-7H2,1H3,(H,12,15)/t9-/m1/s1. The highest BCUT2D eigenvalue weighted by Gasteiger charge is 2.38. The van der Waals surface area contributed by atoms with Gasteiger partial charge in [0.1, 0.15) is 6.04 Å². The number of nitrogens with one attached hydrogen (secondary N) is 1. The molecule has 84 valence electrons. The third-order valence-corrected chi connectivity index (χ3v) is 3.71. The summed E-state index contributed by atoms with van der Waals surface area (Å²) in [5.41, 5.74) is 0. The van der Waals surface area contributed by atoms with Crippen LogP contribution in [0.25, 0.3) is 0 Å². The fraction of sp³-hybridized carbons (Fsp3) is 0.818. The van der Waals surface area contributed by atoms with Crippen molar-refractivity contribution in [2.24, 2.45) is 0 Å². The highest BCUT2D eigenvalue weighted by molar-refractivity contribution is 7.80. The van der Waals surface area contributed by atoms with Crippen LogP contribution in [0.2, 0.25) is 0 Å². The smallest absolute Gasteiger partial charge is 0.251 e. The molecule has 15 heavy (non-hydrogen) atoms. The molecular formula is C11H18N2OS. The minimum atomic E-state index is -0.0700. The lowest BCUT2D eigenvalue weighted by molar-refractivity contribution is -0.129. The molecule has 1 N–H and O–H groups in total. The molecule has 1 saturated heterocycles. The molecule has 4 heteroatoms. The average molecular weight is 226 g/mol. The molecule has 0 aromatic carbocycles. The van der Waals surface area contributed by atoms with Crippen molar-refractivity contribution in [2.45, 2.75) is 57.5 Å². The quantitative estimate of drug-likeness (QED) is 0.729. The van der Waals surface area contributed by atoms with Gasteiger partial charge in [0, 0.05) is 6.04 Å². The Bertz CT molecular complexity index is 274. The summed E-state index contributed by atoms with van der Waals surface area (Å²) in [6, 6.07) is 0.294. The van der Waals surface area contributed by atoms with Gasteiger partial charge in [-0.25, -0.2) is 0 Å². The number of nitrogens with zero attached hydrogens (tertiary/aromatic N) is 1. The second kappa shape index (κ2) is 4.47. The van der Waals surface area contributed by atoms with Crippen molar-refractivity contribution in [3.63, 3.8) is 0 Å². The van der Waals surface area contributed by atoms with Crippen molar-refractivity contribution in [3.8, 4) is 0 Å². The summed E-state index contributed by atoms with van der Waals surface area (Å²) in [6.07, 6.45) is 6.81. The van der Waals surface area contributed by atoms with E-state index in [1.807, 2.05) is 11.8 Å². The molecular weight excluding hydrogens is 208 g/mol. The van der Waals surface area contributed by atoms with Crippen molar-refractivity contribution in [3.05, 3.63) is 0 Å². The lowest BCUT2D eigenvalue weighted by Gasteiger charge is -2.30. The van der Waals surface area contributed by atoms with E-state index in [1.165, 1.54) is 19.3 Å². The summed E-state index contributed by atoms with van der Waals surface area (Å²) in [5, 5.41) is 3.76. The predicted molar refractivity (Wildman–Crippen MR) is 63.5 cm³/mol. The summed E-state index contributed by atoms with van der Waals surface area (Å²) in [6.45, 7) is 2.02. The van der Waals surface area contributed by atoms with Gasteiger partial charge < -0.3 is 5.32 Å². The van der Waals surface area contributed by atoms with Gasteiger partial charge >= 0.3 is 0 Å². The molecule has 0 aromatic rings. The van der Waals surface area contributed by atoms with Crippen LogP contribution in [0.3, 0.4) is 0 Å². The molecule has 1 saturated carbocycles. The van der Waals surface area contributed by atoms with Crippen LogP contribution in [-0.2, 0) is 4.79 Å². The Labute approximate surface area is 96.2 Å². The highest BCUT2D eigenvalue weighted by atomic mass is 32.1. The summed E-state index contributed by atoms with van der Waals surface area (Å²) < 4.78 is 0. The lowest BCUT2D eigenvalue weighted by Crippen LogP contribution is -2.41. The Kier molecular flexibility index (Phi) is 3.24. The van der Waals surface area contributed by atoms with E-state index < -0.39 is 0 Å². The van der Waals surface area contributed by atoms with Gasteiger partial charge in [0.05, 0.1) is 0 Å². The Balaban J connectivity index is 2.07. The van der Waals surface area contributed by atoms with E-state index in [-0.39, 0.29) is 11.9 Å². The Morgan fingerprint density at radius 3 is 2.60 bits per heavy atom. The maximum absolute atomic E-state index is 12.0. The van der Waals surface area contributed by atoms with Crippen LogP contribution >= 0.6 is 12.2 Å². The first-order valence-corrected chi connectivity index (χ1v) is 6.28. The van der Waals surface area contributed by atoms with Crippen molar-refractivity contribution in [1.29, 1.82) is 0 Å². The molecule has 2 fully saturated rings. The van der Waals surface area contributed by atoms with E-state index in [0.29, 0.717) is 11.2 Å². The molecule has 1 aliphatic heterocycles. The number of amides is 1. The summed E-state index contributed by atoms with van der Waals surface area (Å²) in [7, 11) is 0. The monoisotopic (exact) mass is 226 g/mol. The van der Waals surface area contributed by atoms with E-state index in [9.17, 15) is 4.79 Å². The number of hydrogen-bond acceptors (Lipinski definition) is 2. The van der Waals surface area contributed by atoms with Gasteiger partial charge in [0.15, 0.2) is 5.11 Å². The third kappa shape index (κ3) is 2.00. The molecule has 1 amide bonds. The second-order valence-corrected chi connectivity index (χ2v) is 4.80. The zero-order chi connectivity index (χ0) is 10.8. The molecule has 0 radical (unpaired) electrons. The van der Waals surface area contributed by atoms with E-state index in [4.69, 9.17) is 12.2 Å². The van der Waals surface area contributed by atoms with Crippen LogP contribution in [0.4, 0.5) is 0 Å². The van der Waals surface area contributed by atoms with E-state index >= 15 is 0 Å². The Morgan fingerprint density at radius 1 is 1.40 bits per heavy atom. The van der Waals surface area contributed by atoms with Gasteiger partial charge in [0.2, 0.25) is 0 Å². The van der Waals surface area contributed by atoms with Gasteiger partial charge in [-0.05, 0) is 31.5 Å². The minimum Gasteiger partial charge on any atom is -0.350 e. The fourth-order valence-electron chi connectivity index (χ4n) is 2.51. The molecule has 0 spiro atoms. The lowest BCUT2D eigenvalue weighted by atomic mass is 9.94. The van der Waals surface area contributed by atoms with E-state index in [2.05, 4.69) is 5.32 Å². The number of carbonyl (C=O) groups excluding carboxylic acids is 1. The first-order valence-electron chi connectivity index (χ1n) is 5.87. The van der Waals surface area contributed by atoms with Crippen LogP contribution < -0.4 is 5.32 Å². The zero-order valence-electron chi connectivity index (χ0n) is 9.16. The predicted octanol–water partition coefficient (Wildman–Crippen LogP) is 1.81. The average Bonchev–Trinajstić information content (AvgIpc) is 2.55. The maximum Gasteiger partial charge on any atom is 0.251 e. The minimum absolute atomic E-state index is 0.0700. The van der Waals surface area contributed by atoms with Crippen molar-refractivity contribution in [2.75, 3.05) is 0 Å². The Hall–Kier alpha value is -0.640. The SMILES string of the molecule is CC[C@H]1NC(=S)N(C2CCCCC2)C1=O. The molecule has 0 unspecified atom stereocenters. The first-order chi connectivity index (χ1) is 7.24. The summed E-state index contributed by atoms with van der Waals surface area (Å²) >= 11 is 5.24. The second-order valence-electron chi connectivity index (χ2n) is 4.41. The van der Waals surface area contributed by atoms with Crippen molar-refractivity contribution >= 4 is 23.2 Å². The summed E-state index contributed by atoms with van der Waals surface area (Å²) in [5.74, 6) is 0.189. The first kappa shape index (κ1) is 10.9. The molecule has 1 atom stereocenters. The maximum atomic E-state index is 12.0. The van der Waals surface area contributed by atoms with Crippen LogP contribution in [-0.4, -0.2) is 28.0 Å². The Morgan fingerprint density at radius 2 is 2.07 bits per heavy atom. The molecule has 2 aliphatic rings. The molecule has 1 aliphatic carbocycles. The van der Waals surface area contributed by atoms with Crippen LogP contribution in [0.15, 0.2) is 0 Å². The zero-order valence-corrected chi connectivity index (χ0v) is 9.98. The third-order valence-electron chi connectivity index (χ3n) is 3.40. The number of rotatable bonds is 2. The summed E-state index contributed by atoms with van der Waals surface area (Å²) in [4.78, 5) is 13.9. The number of thiocarbonyl (C=S) groups is 1. The molecule has 3 nitrogen and oxygen atoms in total. The topological polar surface area (TPSA) is 32.3 Å². The van der Waals surface area contributed by atoms with Gasteiger partial charge in [-0.15, -0.1) is 0 Å². The van der Waals surface area contributed by atoms with E-state index in [1.54, 1.807) is 0 Å². The number of carbonyl (C=O) groups is 1. The van der Waals surface area contributed by atoms with Gasteiger partial charge in [-0.2, -0.15) is 0 Å². The molecule has 0 aromatic heterocycles. The molecule has 2 rings (SSSR count). The normalized spacial score (nSPS) is 28.3. The molecule has 1 heterocycles. The van der Waals surface area contributed by atoms with Gasteiger partial charge in [-0.3, -0.25) is 9.69 Å². The fourth-order valence-corrected chi connectivity index (χ4v) is 2.89. The van der Waals surface area contributed by atoms with Crippen molar-refractivity contribution < 1.29 is 4.79 Å². The number of hydrogen-bond donors (Lipinski definition) is 1. The largest absolute Gasteiger partial charge is 0.350 e. The van der Waals surface area contributed by atoms with Crippen LogP contribution in [0, 0.1) is 0 Å². The van der Waals surface area contributed by atoms with Crippen LogP contribution in [0.5, 0.6) is 0 Å². The van der Waals surface area contributed by atoms with E-state index in [0.717, 1.165) is 19.3 Å². The van der Waals surface area contributed by atoms with Crippen molar-refractivity contribution in [1.82, 2.24) is 10.2 Å². The molecule has 0 bridgehead atoms. The van der Waals surface area contributed by atoms with Crippen LogP contribution in [0.1, 0.15) is 45.4 Å². The van der Waals surface area contributed by atoms with Gasteiger partial charge in [0.25, 0.3) is 5.91 Å².